The van der Waals surface area contributed by atoms with Crippen LogP contribution in [-0.2, 0) is 28.5 Å². The Morgan fingerprint density at radius 3 is 2.42 bits per heavy atom. The third-order valence-electron chi connectivity index (χ3n) is 9.67. The Labute approximate surface area is 245 Å². The zero-order valence-electron chi connectivity index (χ0n) is 23.7. The van der Waals surface area contributed by atoms with E-state index >= 15 is 0 Å². The molecule has 10 atom stereocenters. The molecule has 0 spiro atoms. The number of ether oxygens (including phenoxy) is 4. The highest BCUT2D eigenvalue weighted by molar-refractivity contribution is 6.32. The number of fused-ring (bicyclic) bond motifs is 5. The van der Waals surface area contributed by atoms with Crippen LogP contribution in [0.3, 0.4) is 0 Å². The second-order valence-electron chi connectivity index (χ2n) is 12.8. The van der Waals surface area contributed by atoms with E-state index in [1.54, 1.807) is 13.8 Å². The van der Waals surface area contributed by atoms with Crippen LogP contribution in [0.2, 0.25) is 0 Å². The molecule has 7 rings (SSSR count). The van der Waals surface area contributed by atoms with Crippen LogP contribution in [-0.4, -0.2) is 97.2 Å². The SMILES string of the molecule is C[C@@H]1O[C@H]2O[C@@H]3[C@@H](C)O[C@@H](c4ccc5c(c4O)C(=O)C4=C(C5=O)[C@@]5(O)C(=O)C[C@](C)(O)C[C@@]5(O)C=C4)C[C@H]3O[C@H]2CC1=O. The predicted octanol–water partition coefficient (Wildman–Crippen LogP) is 0.920. The number of Topliss-reactive ketones (excluding diaryl/α,β-unsaturated/α-hetero) is 4. The normalized spacial score (nSPS) is 43.9. The molecule has 0 amide bonds. The standard InChI is InChI=1S/C31H32O12/c1-12-17(32)8-20-28(41-12)43-27-13(2)40-18(9-19(27)42-20)14-4-5-15-22(24(14)34)25(35)16-6-7-30(38)11-29(3,37)10-21(33)31(30,39)23(16)26(15)36/h4-7,12-13,18-20,27-28,34,37-39H,8-11H2,1-3H3/t12-,13+,18+,19+,20-,27+,28-,29-,30-,31-/m0/s1. The Kier molecular flexibility index (Phi) is 6.14. The highest BCUT2D eigenvalue weighted by atomic mass is 16.7. The Balaban J connectivity index is 1.21. The van der Waals surface area contributed by atoms with Gasteiger partial charge in [-0.1, -0.05) is 12.1 Å². The van der Waals surface area contributed by atoms with Crippen molar-refractivity contribution in [2.24, 2.45) is 0 Å². The van der Waals surface area contributed by atoms with Crippen LogP contribution in [0, 0.1) is 0 Å². The lowest BCUT2D eigenvalue weighted by Gasteiger charge is -2.51. The van der Waals surface area contributed by atoms with Crippen LogP contribution in [0.15, 0.2) is 35.4 Å². The Morgan fingerprint density at radius 1 is 0.930 bits per heavy atom. The topological polar surface area (TPSA) is 186 Å². The molecule has 1 aromatic carbocycles. The number of allylic oxidation sites excluding steroid dienone is 2. The minimum Gasteiger partial charge on any atom is -0.507 e. The minimum atomic E-state index is -2.76. The van der Waals surface area contributed by atoms with E-state index in [2.05, 4.69) is 0 Å². The molecule has 4 fully saturated rings. The summed E-state index contributed by atoms with van der Waals surface area (Å²) in [7, 11) is 0. The number of phenols is 1. The monoisotopic (exact) mass is 596 g/mol. The first kappa shape index (κ1) is 28.7. The molecular formula is C31H32O12. The molecule has 1 saturated carbocycles. The van der Waals surface area contributed by atoms with Crippen molar-refractivity contribution in [3.05, 3.63) is 52.1 Å². The van der Waals surface area contributed by atoms with Gasteiger partial charge in [0.15, 0.2) is 35.0 Å². The lowest BCUT2D eigenvalue weighted by atomic mass is 9.57. The van der Waals surface area contributed by atoms with Crippen molar-refractivity contribution in [3.63, 3.8) is 0 Å². The van der Waals surface area contributed by atoms with Gasteiger partial charge in [0.2, 0.25) is 0 Å². The van der Waals surface area contributed by atoms with E-state index in [1.807, 2.05) is 0 Å². The molecule has 3 saturated heterocycles. The van der Waals surface area contributed by atoms with Gasteiger partial charge in [-0.15, -0.1) is 0 Å². The van der Waals surface area contributed by atoms with Gasteiger partial charge in [-0.3, -0.25) is 19.2 Å². The lowest BCUT2D eigenvalue weighted by molar-refractivity contribution is -0.347. The molecule has 43 heavy (non-hydrogen) atoms. The first-order chi connectivity index (χ1) is 20.1. The molecule has 0 bridgehead atoms. The molecule has 228 valence electrons. The number of carbonyl (C=O) groups is 4. The van der Waals surface area contributed by atoms with E-state index in [4.69, 9.17) is 18.9 Å². The van der Waals surface area contributed by atoms with Crippen molar-refractivity contribution in [2.75, 3.05) is 0 Å². The molecule has 0 radical (unpaired) electrons. The molecule has 4 N–H and O–H groups in total. The maximum absolute atomic E-state index is 13.8. The van der Waals surface area contributed by atoms with Crippen LogP contribution in [0.25, 0.3) is 0 Å². The quantitative estimate of drug-likeness (QED) is 0.360. The number of aromatic hydroxyl groups is 1. The molecule has 0 aromatic heterocycles. The second-order valence-corrected chi connectivity index (χ2v) is 12.8. The number of phenolic OH excluding ortho intramolecular Hbond substituents is 1. The molecule has 12 heteroatoms. The summed E-state index contributed by atoms with van der Waals surface area (Å²) in [5.41, 5.74) is -7.95. The van der Waals surface area contributed by atoms with Gasteiger partial charge in [-0.05, 0) is 32.9 Å². The fraction of sp³-hybridized carbons (Fsp3) is 0.548. The number of carbonyl (C=O) groups excluding carboxylic acids is 4. The smallest absolute Gasteiger partial charge is 0.198 e. The number of rotatable bonds is 1. The second kappa shape index (κ2) is 9.21. The first-order valence-electron chi connectivity index (χ1n) is 14.4. The van der Waals surface area contributed by atoms with Crippen molar-refractivity contribution in [1.82, 2.24) is 0 Å². The zero-order chi connectivity index (χ0) is 30.8. The summed E-state index contributed by atoms with van der Waals surface area (Å²) >= 11 is 0. The highest BCUT2D eigenvalue weighted by Gasteiger charge is 2.66. The summed E-state index contributed by atoms with van der Waals surface area (Å²) < 4.78 is 24.2. The fourth-order valence-corrected chi connectivity index (χ4v) is 7.56. The van der Waals surface area contributed by atoms with Crippen LogP contribution >= 0.6 is 0 Å². The van der Waals surface area contributed by atoms with E-state index in [1.165, 1.54) is 19.1 Å². The summed E-state index contributed by atoms with van der Waals surface area (Å²) in [5.74, 6) is -3.28. The zero-order valence-corrected chi connectivity index (χ0v) is 23.7. The molecule has 3 aliphatic carbocycles. The summed E-state index contributed by atoms with van der Waals surface area (Å²) in [6.07, 6.45) is -2.64. The number of aliphatic hydroxyl groups is 3. The van der Waals surface area contributed by atoms with Gasteiger partial charge < -0.3 is 39.4 Å². The molecule has 3 heterocycles. The van der Waals surface area contributed by atoms with Gasteiger partial charge >= 0.3 is 0 Å². The summed E-state index contributed by atoms with van der Waals surface area (Å²) in [4.78, 5) is 53.0. The van der Waals surface area contributed by atoms with Crippen molar-refractivity contribution < 1.29 is 58.6 Å². The molecule has 6 aliphatic rings. The summed E-state index contributed by atoms with van der Waals surface area (Å²) in [6, 6.07) is 2.76. The van der Waals surface area contributed by atoms with Crippen LogP contribution in [0.5, 0.6) is 5.75 Å². The van der Waals surface area contributed by atoms with Crippen molar-refractivity contribution in [3.8, 4) is 5.75 Å². The van der Waals surface area contributed by atoms with E-state index in [9.17, 15) is 39.6 Å². The third-order valence-corrected chi connectivity index (χ3v) is 9.67. The average Bonchev–Trinajstić information content (AvgIpc) is 2.92. The number of hydrogen-bond acceptors (Lipinski definition) is 12. The minimum absolute atomic E-state index is 0.0932. The number of benzene rings is 1. The summed E-state index contributed by atoms with van der Waals surface area (Å²) in [5, 5.41) is 44.9. The van der Waals surface area contributed by atoms with Gasteiger partial charge in [0.05, 0.1) is 35.0 Å². The molecular weight excluding hydrogens is 564 g/mol. The molecule has 1 aromatic rings. The lowest BCUT2D eigenvalue weighted by Crippen LogP contribution is -2.69. The van der Waals surface area contributed by atoms with Crippen LogP contribution in [0.4, 0.5) is 0 Å². The van der Waals surface area contributed by atoms with E-state index < -0.39 is 101 Å². The van der Waals surface area contributed by atoms with Crippen molar-refractivity contribution >= 4 is 23.1 Å². The Hall–Kier alpha value is -3.10. The predicted molar refractivity (Wildman–Crippen MR) is 143 cm³/mol. The molecule has 3 aliphatic heterocycles. The van der Waals surface area contributed by atoms with E-state index in [0.717, 1.165) is 12.2 Å². The highest BCUT2D eigenvalue weighted by Crippen LogP contribution is 2.52. The number of hydrogen-bond donors (Lipinski definition) is 4. The van der Waals surface area contributed by atoms with Gasteiger partial charge in [0.25, 0.3) is 0 Å². The molecule has 12 nitrogen and oxygen atoms in total. The molecule has 0 unspecified atom stereocenters. The van der Waals surface area contributed by atoms with E-state index in [0.29, 0.717) is 0 Å². The first-order valence-corrected chi connectivity index (χ1v) is 14.4. The Bertz CT molecular complexity index is 1560. The number of ketones is 4. The fourth-order valence-electron chi connectivity index (χ4n) is 7.56. The van der Waals surface area contributed by atoms with Gasteiger partial charge in [-0.2, -0.15) is 0 Å². The van der Waals surface area contributed by atoms with Crippen molar-refractivity contribution in [2.45, 2.75) is 106 Å². The van der Waals surface area contributed by atoms with Gasteiger partial charge in [0, 0.05) is 42.4 Å². The van der Waals surface area contributed by atoms with Gasteiger partial charge in [0.1, 0.15) is 29.7 Å². The van der Waals surface area contributed by atoms with Crippen molar-refractivity contribution in [1.29, 1.82) is 0 Å². The van der Waals surface area contributed by atoms with Gasteiger partial charge in [-0.25, -0.2) is 0 Å². The van der Waals surface area contributed by atoms with Crippen LogP contribution < -0.4 is 0 Å². The maximum atomic E-state index is 13.8. The summed E-state index contributed by atoms with van der Waals surface area (Å²) in [6.45, 7) is 4.78. The largest absolute Gasteiger partial charge is 0.507 e. The Morgan fingerprint density at radius 2 is 1.67 bits per heavy atom. The average molecular weight is 597 g/mol. The van der Waals surface area contributed by atoms with Crippen LogP contribution in [0.1, 0.15) is 78.8 Å². The van der Waals surface area contributed by atoms with E-state index in [-0.39, 0.29) is 40.9 Å². The maximum Gasteiger partial charge on any atom is 0.198 e. The third kappa shape index (κ3) is 3.94.